The average molecular weight is 263 g/mol. The van der Waals surface area contributed by atoms with E-state index in [1.807, 2.05) is 0 Å². The van der Waals surface area contributed by atoms with Crippen LogP contribution in [0.4, 0.5) is 0 Å². The Morgan fingerprint density at radius 2 is 1.79 bits per heavy atom. The van der Waals surface area contributed by atoms with Crippen LogP contribution in [0.15, 0.2) is 18.3 Å². The van der Waals surface area contributed by atoms with Crippen LogP contribution in [0.2, 0.25) is 0 Å². The highest BCUT2D eigenvalue weighted by Gasteiger charge is 2.17. The molecule has 0 atom stereocenters. The minimum absolute atomic E-state index is 0.0574. The van der Waals surface area contributed by atoms with Crippen molar-refractivity contribution in [3.05, 3.63) is 24.0 Å². The van der Waals surface area contributed by atoms with E-state index in [1.165, 1.54) is 33.6 Å². The molecule has 6 nitrogen and oxygen atoms in total. The molecule has 0 aliphatic heterocycles. The molecule has 1 N–H and O–H groups in total. The minimum atomic E-state index is -1.10. The molecule has 19 heavy (non-hydrogen) atoms. The van der Waals surface area contributed by atoms with Crippen LogP contribution < -0.4 is 14.2 Å². The van der Waals surface area contributed by atoms with E-state index in [1.54, 1.807) is 6.07 Å². The number of aromatic nitrogens is 1. The standard InChI is InChI=1S/C13H13NO5/c1-17-10-4-7-6-14-9(13(15)16)5-8(7)11(18-2)12(10)19-3/h4-6H,1-3H3,(H,15,16). The van der Waals surface area contributed by atoms with Gasteiger partial charge in [-0.1, -0.05) is 0 Å². The number of ether oxygens (including phenoxy) is 3. The number of hydrogen-bond donors (Lipinski definition) is 1. The second kappa shape index (κ2) is 5.01. The number of nitrogens with zero attached hydrogens (tertiary/aromatic N) is 1. The van der Waals surface area contributed by atoms with Gasteiger partial charge in [-0.15, -0.1) is 0 Å². The topological polar surface area (TPSA) is 77.9 Å². The van der Waals surface area contributed by atoms with E-state index < -0.39 is 5.97 Å². The molecule has 0 unspecified atom stereocenters. The van der Waals surface area contributed by atoms with Crippen molar-refractivity contribution in [3.63, 3.8) is 0 Å². The number of methoxy groups -OCH3 is 3. The number of hydrogen-bond acceptors (Lipinski definition) is 5. The lowest BCUT2D eigenvalue weighted by Gasteiger charge is -2.14. The van der Waals surface area contributed by atoms with Crippen LogP contribution in [0.25, 0.3) is 10.8 Å². The van der Waals surface area contributed by atoms with Crippen molar-refractivity contribution in [2.45, 2.75) is 0 Å². The normalized spacial score (nSPS) is 10.3. The maximum atomic E-state index is 11.0. The summed E-state index contributed by atoms with van der Waals surface area (Å²) in [5, 5.41) is 10.3. The molecule has 1 heterocycles. The Labute approximate surface area is 109 Å². The van der Waals surface area contributed by atoms with Crippen molar-refractivity contribution in [2.24, 2.45) is 0 Å². The summed E-state index contributed by atoms with van der Waals surface area (Å²) in [6.45, 7) is 0. The van der Waals surface area contributed by atoms with Gasteiger partial charge in [-0.05, 0) is 12.1 Å². The van der Waals surface area contributed by atoms with Crippen molar-refractivity contribution in [3.8, 4) is 17.2 Å². The van der Waals surface area contributed by atoms with Gasteiger partial charge < -0.3 is 19.3 Å². The molecular weight excluding hydrogens is 250 g/mol. The zero-order chi connectivity index (χ0) is 14.0. The fraction of sp³-hybridized carbons (Fsp3) is 0.231. The van der Waals surface area contributed by atoms with Crippen molar-refractivity contribution < 1.29 is 24.1 Å². The highest BCUT2D eigenvalue weighted by molar-refractivity contribution is 5.97. The van der Waals surface area contributed by atoms with Crippen molar-refractivity contribution >= 4 is 16.7 Å². The van der Waals surface area contributed by atoms with Crippen LogP contribution >= 0.6 is 0 Å². The predicted octanol–water partition coefficient (Wildman–Crippen LogP) is 1.96. The second-order valence-electron chi connectivity index (χ2n) is 3.74. The fourth-order valence-corrected chi connectivity index (χ4v) is 1.88. The summed E-state index contributed by atoms with van der Waals surface area (Å²) in [6, 6.07) is 3.16. The molecule has 0 aliphatic rings. The highest BCUT2D eigenvalue weighted by atomic mass is 16.5. The van der Waals surface area contributed by atoms with E-state index in [4.69, 9.17) is 19.3 Å². The first-order valence-electron chi connectivity index (χ1n) is 5.44. The number of carboxylic acid groups (broad SMARTS) is 1. The van der Waals surface area contributed by atoms with Crippen LogP contribution in [0.5, 0.6) is 17.2 Å². The summed E-state index contributed by atoms with van der Waals surface area (Å²) in [4.78, 5) is 14.8. The monoisotopic (exact) mass is 263 g/mol. The quantitative estimate of drug-likeness (QED) is 0.908. The average Bonchev–Trinajstić information content (AvgIpc) is 2.44. The van der Waals surface area contributed by atoms with Crippen LogP contribution in [0.1, 0.15) is 10.5 Å². The van der Waals surface area contributed by atoms with Gasteiger partial charge in [0, 0.05) is 17.0 Å². The number of pyridine rings is 1. The van der Waals surface area contributed by atoms with E-state index in [2.05, 4.69) is 4.98 Å². The molecule has 0 aliphatic carbocycles. The van der Waals surface area contributed by atoms with Crippen LogP contribution in [-0.4, -0.2) is 37.4 Å². The van der Waals surface area contributed by atoms with E-state index in [0.717, 1.165) is 0 Å². The Balaban J connectivity index is 2.82. The third kappa shape index (κ3) is 2.12. The van der Waals surface area contributed by atoms with Crippen LogP contribution in [0, 0.1) is 0 Å². The summed E-state index contributed by atoms with van der Waals surface area (Å²) in [5.41, 5.74) is -0.0574. The largest absolute Gasteiger partial charge is 0.493 e. The Kier molecular flexibility index (Phi) is 3.41. The van der Waals surface area contributed by atoms with Crippen molar-refractivity contribution in [1.82, 2.24) is 4.98 Å². The number of benzene rings is 1. The summed E-state index contributed by atoms with van der Waals surface area (Å²) in [7, 11) is 4.49. The predicted molar refractivity (Wildman–Crippen MR) is 68.4 cm³/mol. The summed E-state index contributed by atoms with van der Waals surface area (Å²) in [5.74, 6) is 0.234. The van der Waals surface area contributed by atoms with Gasteiger partial charge in [0.05, 0.1) is 21.3 Å². The van der Waals surface area contributed by atoms with E-state index in [9.17, 15) is 4.79 Å². The van der Waals surface area contributed by atoms with Gasteiger partial charge >= 0.3 is 5.97 Å². The first-order valence-corrected chi connectivity index (χ1v) is 5.44. The van der Waals surface area contributed by atoms with Crippen LogP contribution in [0.3, 0.4) is 0 Å². The van der Waals surface area contributed by atoms with E-state index in [0.29, 0.717) is 28.0 Å². The maximum Gasteiger partial charge on any atom is 0.354 e. The second-order valence-corrected chi connectivity index (χ2v) is 3.74. The third-order valence-electron chi connectivity index (χ3n) is 2.74. The van der Waals surface area contributed by atoms with Crippen molar-refractivity contribution in [1.29, 1.82) is 0 Å². The highest BCUT2D eigenvalue weighted by Crippen LogP contribution is 2.43. The summed E-state index contributed by atoms with van der Waals surface area (Å²) < 4.78 is 15.8. The molecule has 0 bridgehead atoms. The molecule has 0 saturated carbocycles. The molecule has 1 aromatic heterocycles. The Hall–Kier alpha value is -2.50. The molecule has 1 aromatic carbocycles. The molecular formula is C13H13NO5. The Morgan fingerprint density at radius 3 is 2.32 bits per heavy atom. The number of carboxylic acids is 1. The van der Waals surface area contributed by atoms with Crippen molar-refractivity contribution in [2.75, 3.05) is 21.3 Å². The number of fused-ring (bicyclic) bond motifs is 1. The molecule has 0 radical (unpaired) electrons. The van der Waals surface area contributed by atoms with Gasteiger partial charge in [0.25, 0.3) is 0 Å². The molecule has 6 heteroatoms. The molecule has 2 rings (SSSR count). The van der Waals surface area contributed by atoms with Gasteiger partial charge in [-0.2, -0.15) is 0 Å². The zero-order valence-corrected chi connectivity index (χ0v) is 10.8. The minimum Gasteiger partial charge on any atom is -0.493 e. The number of aromatic carboxylic acids is 1. The van der Waals surface area contributed by atoms with Gasteiger partial charge in [0.2, 0.25) is 5.75 Å². The van der Waals surface area contributed by atoms with Gasteiger partial charge in [-0.3, -0.25) is 0 Å². The summed E-state index contributed by atoms with van der Waals surface area (Å²) >= 11 is 0. The SMILES string of the molecule is COc1cc2cnc(C(=O)O)cc2c(OC)c1OC. The Bertz CT molecular complexity index is 638. The molecule has 2 aromatic rings. The molecule has 0 spiro atoms. The smallest absolute Gasteiger partial charge is 0.354 e. The molecule has 100 valence electrons. The van der Waals surface area contributed by atoms with Gasteiger partial charge in [0.1, 0.15) is 5.69 Å². The number of rotatable bonds is 4. The first kappa shape index (κ1) is 12.9. The lowest BCUT2D eigenvalue weighted by atomic mass is 10.1. The number of carbonyl (C=O) groups is 1. The van der Waals surface area contributed by atoms with Gasteiger partial charge in [0.15, 0.2) is 11.5 Å². The molecule has 0 amide bonds. The Morgan fingerprint density at radius 1 is 1.11 bits per heavy atom. The fourth-order valence-electron chi connectivity index (χ4n) is 1.88. The van der Waals surface area contributed by atoms with Gasteiger partial charge in [-0.25, -0.2) is 9.78 Å². The van der Waals surface area contributed by atoms with E-state index >= 15 is 0 Å². The lowest BCUT2D eigenvalue weighted by molar-refractivity contribution is 0.0690. The lowest BCUT2D eigenvalue weighted by Crippen LogP contribution is -2.01. The zero-order valence-electron chi connectivity index (χ0n) is 10.8. The molecule has 0 saturated heterocycles. The van der Waals surface area contributed by atoms with Crippen LogP contribution in [-0.2, 0) is 0 Å². The maximum absolute atomic E-state index is 11.0. The summed E-state index contributed by atoms with van der Waals surface area (Å²) in [6.07, 6.45) is 1.46. The first-order chi connectivity index (χ1) is 9.12. The molecule has 0 fully saturated rings. The van der Waals surface area contributed by atoms with E-state index in [-0.39, 0.29) is 5.69 Å². The third-order valence-corrected chi connectivity index (χ3v) is 2.74.